The minimum Gasteiger partial charge on any atom is -0.456 e. The van der Waals surface area contributed by atoms with E-state index in [1.165, 1.54) is 18.2 Å². The van der Waals surface area contributed by atoms with E-state index >= 15 is 0 Å². The highest BCUT2D eigenvalue weighted by molar-refractivity contribution is 7.89. The Balaban J connectivity index is 2.38. The van der Waals surface area contributed by atoms with Crippen molar-refractivity contribution in [1.82, 2.24) is 0 Å². The predicted molar refractivity (Wildman–Crippen MR) is 78.8 cm³/mol. The Morgan fingerprint density at radius 2 is 1.80 bits per heavy atom. The summed E-state index contributed by atoms with van der Waals surface area (Å²) in [5, 5.41) is 5.24. The molecule has 0 aromatic heterocycles. The van der Waals surface area contributed by atoms with Crippen LogP contribution in [0.4, 0.5) is 0 Å². The molecule has 4 nitrogen and oxygen atoms in total. The van der Waals surface area contributed by atoms with Gasteiger partial charge in [0, 0.05) is 0 Å². The molecule has 2 aromatic carbocycles. The molecule has 0 heterocycles. The molecule has 0 spiro atoms. The van der Waals surface area contributed by atoms with E-state index in [0.29, 0.717) is 11.5 Å². The van der Waals surface area contributed by atoms with E-state index in [9.17, 15) is 8.42 Å². The van der Waals surface area contributed by atoms with Gasteiger partial charge in [-0.25, -0.2) is 13.6 Å². The second-order valence-corrected chi connectivity index (χ2v) is 6.41. The Labute approximate surface area is 123 Å². The number of sulfonamides is 1. The van der Waals surface area contributed by atoms with Gasteiger partial charge in [-0.1, -0.05) is 23.7 Å². The van der Waals surface area contributed by atoms with Crippen molar-refractivity contribution in [3.8, 4) is 11.5 Å². The standard InChI is InChI=1S/C14H14ClNO3S/c1-9-4-3-5-13(10(9)2)19-14-7-6-11(8-12(14)15)20(16,17)18/h3-8H,1-2H3,(H2,16,17,18). The number of hydrogen-bond donors (Lipinski definition) is 1. The average molecular weight is 312 g/mol. The normalized spacial score (nSPS) is 11.4. The lowest BCUT2D eigenvalue weighted by molar-refractivity contribution is 0.478. The molecule has 0 amide bonds. The SMILES string of the molecule is Cc1cccc(Oc2ccc(S(N)(=O)=O)cc2Cl)c1C. The second-order valence-electron chi connectivity index (χ2n) is 4.44. The third-order valence-corrected chi connectivity index (χ3v) is 4.21. The molecule has 0 saturated heterocycles. The number of rotatable bonds is 3. The fraction of sp³-hybridized carbons (Fsp3) is 0.143. The van der Waals surface area contributed by atoms with Crippen molar-refractivity contribution in [2.75, 3.05) is 0 Å². The highest BCUT2D eigenvalue weighted by Gasteiger charge is 2.12. The quantitative estimate of drug-likeness (QED) is 0.944. The second kappa shape index (κ2) is 5.44. The molecule has 0 aliphatic rings. The number of primary sulfonamides is 1. The molecule has 0 saturated carbocycles. The van der Waals surface area contributed by atoms with Gasteiger partial charge in [-0.15, -0.1) is 0 Å². The first-order valence-electron chi connectivity index (χ1n) is 5.85. The topological polar surface area (TPSA) is 69.4 Å². The molecular formula is C14H14ClNO3S. The molecule has 106 valence electrons. The minimum absolute atomic E-state index is 0.0455. The number of aryl methyl sites for hydroxylation is 1. The Kier molecular flexibility index (Phi) is 4.04. The van der Waals surface area contributed by atoms with E-state index in [4.69, 9.17) is 21.5 Å². The van der Waals surface area contributed by atoms with Gasteiger partial charge in [-0.3, -0.25) is 0 Å². The number of nitrogens with two attached hydrogens (primary N) is 1. The number of halogens is 1. The molecule has 6 heteroatoms. The summed E-state index contributed by atoms with van der Waals surface area (Å²) in [5.41, 5.74) is 2.10. The van der Waals surface area contributed by atoms with Crippen molar-refractivity contribution in [2.24, 2.45) is 5.14 Å². The van der Waals surface area contributed by atoms with Crippen LogP contribution in [0.5, 0.6) is 11.5 Å². The molecule has 0 radical (unpaired) electrons. The fourth-order valence-corrected chi connectivity index (χ4v) is 2.52. The van der Waals surface area contributed by atoms with Crippen LogP contribution in [0.15, 0.2) is 41.3 Å². The van der Waals surface area contributed by atoms with E-state index in [2.05, 4.69) is 0 Å². The molecule has 2 rings (SSSR count). The molecule has 0 aliphatic heterocycles. The molecule has 0 unspecified atom stereocenters. The van der Waals surface area contributed by atoms with Crippen LogP contribution in [0.1, 0.15) is 11.1 Å². The van der Waals surface area contributed by atoms with Crippen molar-refractivity contribution < 1.29 is 13.2 Å². The van der Waals surface area contributed by atoms with Crippen LogP contribution in [0.2, 0.25) is 5.02 Å². The van der Waals surface area contributed by atoms with Crippen molar-refractivity contribution in [3.05, 3.63) is 52.5 Å². The number of benzene rings is 2. The van der Waals surface area contributed by atoms with Crippen molar-refractivity contribution in [3.63, 3.8) is 0 Å². The zero-order valence-electron chi connectivity index (χ0n) is 11.1. The maximum Gasteiger partial charge on any atom is 0.238 e. The summed E-state index contributed by atoms with van der Waals surface area (Å²) in [6.07, 6.45) is 0. The van der Waals surface area contributed by atoms with Gasteiger partial charge < -0.3 is 4.74 Å². The lowest BCUT2D eigenvalue weighted by Gasteiger charge is -2.12. The summed E-state index contributed by atoms with van der Waals surface area (Å²) in [6.45, 7) is 3.92. The summed E-state index contributed by atoms with van der Waals surface area (Å²) in [5.74, 6) is 1.06. The van der Waals surface area contributed by atoms with Gasteiger partial charge in [0.05, 0.1) is 9.92 Å². The third kappa shape index (κ3) is 3.12. The van der Waals surface area contributed by atoms with Gasteiger partial charge >= 0.3 is 0 Å². The summed E-state index contributed by atoms with van der Waals surface area (Å²) in [4.78, 5) is -0.0455. The van der Waals surface area contributed by atoms with Crippen LogP contribution in [-0.2, 0) is 10.0 Å². The predicted octanol–water partition coefficient (Wildman–Crippen LogP) is 3.40. The van der Waals surface area contributed by atoms with Crippen LogP contribution >= 0.6 is 11.6 Å². The maximum atomic E-state index is 11.2. The van der Waals surface area contributed by atoms with E-state index in [1.807, 2.05) is 32.0 Å². The van der Waals surface area contributed by atoms with Crippen molar-refractivity contribution in [1.29, 1.82) is 0 Å². The summed E-state index contributed by atoms with van der Waals surface area (Å²) in [6, 6.07) is 9.81. The lowest BCUT2D eigenvalue weighted by Crippen LogP contribution is -2.11. The zero-order chi connectivity index (χ0) is 14.9. The summed E-state index contributed by atoms with van der Waals surface area (Å²) < 4.78 is 28.2. The maximum absolute atomic E-state index is 11.2. The molecule has 0 bridgehead atoms. The Morgan fingerprint density at radius 3 is 2.40 bits per heavy atom. The number of ether oxygens (including phenoxy) is 1. The largest absolute Gasteiger partial charge is 0.456 e. The van der Waals surface area contributed by atoms with Crippen LogP contribution in [0.25, 0.3) is 0 Å². The van der Waals surface area contributed by atoms with Crippen molar-refractivity contribution >= 4 is 21.6 Å². The molecule has 2 N–H and O–H groups in total. The molecule has 20 heavy (non-hydrogen) atoms. The Hall–Kier alpha value is -1.56. The number of hydrogen-bond acceptors (Lipinski definition) is 3. The van der Waals surface area contributed by atoms with Crippen LogP contribution < -0.4 is 9.88 Å². The first-order chi connectivity index (χ1) is 9.29. The van der Waals surface area contributed by atoms with E-state index in [0.717, 1.165) is 11.1 Å². The van der Waals surface area contributed by atoms with Crippen LogP contribution in [-0.4, -0.2) is 8.42 Å². The zero-order valence-corrected chi connectivity index (χ0v) is 12.6. The first-order valence-corrected chi connectivity index (χ1v) is 7.78. The van der Waals surface area contributed by atoms with Gasteiger partial charge in [-0.2, -0.15) is 0 Å². The molecule has 0 fully saturated rings. The van der Waals surface area contributed by atoms with Crippen LogP contribution in [0, 0.1) is 13.8 Å². The monoisotopic (exact) mass is 311 g/mol. The average Bonchev–Trinajstić information content (AvgIpc) is 2.36. The molecule has 0 aliphatic carbocycles. The Bertz CT molecular complexity index is 757. The van der Waals surface area contributed by atoms with Gasteiger partial charge in [0.1, 0.15) is 11.5 Å². The minimum atomic E-state index is -3.77. The fourth-order valence-electron chi connectivity index (χ4n) is 1.69. The van der Waals surface area contributed by atoms with Gasteiger partial charge in [0.25, 0.3) is 0 Å². The molecular weight excluding hydrogens is 298 g/mol. The van der Waals surface area contributed by atoms with E-state index in [-0.39, 0.29) is 9.92 Å². The first kappa shape index (κ1) is 14.8. The van der Waals surface area contributed by atoms with E-state index in [1.54, 1.807) is 0 Å². The van der Waals surface area contributed by atoms with Crippen LogP contribution in [0.3, 0.4) is 0 Å². The van der Waals surface area contributed by atoms with Gasteiger partial charge in [0.2, 0.25) is 10.0 Å². The van der Waals surface area contributed by atoms with Crippen molar-refractivity contribution in [2.45, 2.75) is 18.7 Å². The van der Waals surface area contributed by atoms with Gasteiger partial charge in [-0.05, 0) is 49.2 Å². The molecule has 0 atom stereocenters. The summed E-state index contributed by atoms with van der Waals surface area (Å²) >= 11 is 6.03. The highest BCUT2D eigenvalue weighted by Crippen LogP contribution is 2.33. The highest BCUT2D eigenvalue weighted by atomic mass is 35.5. The lowest BCUT2D eigenvalue weighted by atomic mass is 10.1. The summed E-state index contributed by atoms with van der Waals surface area (Å²) in [7, 11) is -3.77. The van der Waals surface area contributed by atoms with Gasteiger partial charge in [0.15, 0.2) is 0 Å². The third-order valence-electron chi connectivity index (χ3n) is 3.01. The van der Waals surface area contributed by atoms with E-state index < -0.39 is 10.0 Å². The smallest absolute Gasteiger partial charge is 0.238 e. The molecule has 2 aromatic rings. The Morgan fingerprint density at radius 1 is 1.10 bits per heavy atom.